The predicted octanol–water partition coefficient (Wildman–Crippen LogP) is 1.85. The summed E-state index contributed by atoms with van der Waals surface area (Å²) in [5, 5.41) is 0.782. The van der Waals surface area contributed by atoms with Gasteiger partial charge in [0.2, 0.25) is 0 Å². The van der Waals surface area contributed by atoms with Gasteiger partial charge in [-0.25, -0.2) is 15.0 Å². The Morgan fingerprint density at radius 2 is 1.96 bits per heavy atom. The number of nitrogen functional groups attached to an aromatic ring is 1. The molecular formula is C17H20N6O2S. The van der Waals surface area contributed by atoms with Crippen molar-refractivity contribution in [1.82, 2.24) is 19.5 Å². The number of ether oxygens (including phenoxy) is 2. The van der Waals surface area contributed by atoms with Gasteiger partial charge >= 0.3 is 0 Å². The van der Waals surface area contributed by atoms with Crippen LogP contribution in [0.25, 0.3) is 11.2 Å². The van der Waals surface area contributed by atoms with E-state index in [0.29, 0.717) is 43.3 Å². The van der Waals surface area contributed by atoms with E-state index in [1.165, 1.54) is 11.9 Å². The Hall–Kier alpha value is -2.52. The van der Waals surface area contributed by atoms with Crippen LogP contribution in [-0.4, -0.2) is 39.3 Å². The number of anilines is 1. The molecule has 4 rings (SSSR count). The molecular weight excluding hydrogens is 352 g/mol. The summed E-state index contributed by atoms with van der Waals surface area (Å²) in [5.74, 6) is 1.92. The van der Waals surface area contributed by atoms with Crippen LogP contribution in [-0.2, 0) is 13.0 Å². The van der Waals surface area contributed by atoms with E-state index >= 15 is 0 Å². The Bertz CT molecular complexity index is 958. The fraction of sp³-hybridized carbons (Fsp3) is 0.353. The summed E-state index contributed by atoms with van der Waals surface area (Å²) in [4.78, 5) is 14.1. The fourth-order valence-electron chi connectivity index (χ4n) is 2.92. The number of benzene rings is 1. The van der Waals surface area contributed by atoms with Crippen LogP contribution in [0.3, 0.4) is 0 Å². The Morgan fingerprint density at radius 3 is 2.69 bits per heavy atom. The fourth-order valence-corrected chi connectivity index (χ4v) is 4.05. The second-order valence-electron chi connectivity index (χ2n) is 5.83. The van der Waals surface area contributed by atoms with Gasteiger partial charge in [0.1, 0.15) is 19.5 Å². The van der Waals surface area contributed by atoms with Crippen LogP contribution in [0.2, 0.25) is 0 Å². The van der Waals surface area contributed by atoms with Crippen LogP contribution in [0, 0.1) is 0 Å². The van der Waals surface area contributed by atoms with Crippen LogP contribution in [0.15, 0.2) is 28.5 Å². The minimum absolute atomic E-state index is 0.366. The summed E-state index contributed by atoms with van der Waals surface area (Å²) in [5.41, 5.74) is 14.2. The van der Waals surface area contributed by atoms with Gasteiger partial charge in [-0.1, -0.05) is 18.7 Å². The molecule has 26 heavy (non-hydrogen) atoms. The van der Waals surface area contributed by atoms with Crippen LogP contribution < -0.4 is 20.9 Å². The zero-order chi connectivity index (χ0) is 18.1. The number of fused-ring (bicyclic) bond motifs is 2. The Kier molecular flexibility index (Phi) is 4.56. The lowest BCUT2D eigenvalue weighted by Crippen LogP contribution is -2.15. The maximum absolute atomic E-state index is 5.97. The summed E-state index contributed by atoms with van der Waals surface area (Å²) in [7, 11) is 0. The molecule has 0 saturated heterocycles. The van der Waals surface area contributed by atoms with Gasteiger partial charge in [-0.15, -0.1) is 0 Å². The molecule has 0 saturated carbocycles. The monoisotopic (exact) mass is 372 g/mol. The number of hydrogen-bond acceptors (Lipinski definition) is 8. The minimum Gasteiger partial charge on any atom is -0.486 e. The maximum atomic E-state index is 5.97. The highest BCUT2D eigenvalue weighted by atomic mass is 32.2. The molecule has 9 heteroatoms. The number of aryl methyl sites for hydroxylation is 1. The highest BCUT2D eigenvalue weighted by Gasteiger charge is 2.20. The molecule has 136 valence electrons. The second kappa shape index (κ2) is 7.00. The average Bonchev–Trinajstić information content (AvgIpc) is 3.00. The number of nitrogens with two attached hydrogens (primary N) is 2. The van der Waals surface area contributed by atoms with E-state index in [9.17, 15) is 0 Å². The van der Waals surface area contributed by atoms with Crippen molar-refractivity contribution in [2.24, 2.45) is 5.73 Å². The molecule has 0 bridgehead atoms. The van der Waals surface area contributed by atoms with Crippen LogP contribution in [0.4, 0.5) is 5.82 Å². The van der Waals surface area contributed by atoms with Crippen molar-refractivity contribution < 1.29 is 9.47 Å². The summed E-state index contributed by atoms with van der Waals surface area (Å²) < 4.78 is 13.4. The van der Waals surface area contributed by atoms with Crippen LogP contribution >= 0.6 is 11.8 Å². The standard InChI is InChI=1S/C17H20N6O2S/c1-2-10-7-11-12(25-6-5-24-11)8-13(10)26-17-22-14-15(19)20-9-21-16(14)23(17)4-3-18/h7-9H,2-6,18H2,1H3,(H2,19,20,21). The first-order chi connectivity index (χ1) is 12.7. The second-order valence-corrected chi connectivity index (χ2v) is 6.83. The molecule has 0 atom stereocenters. The van der Waals surface area contributed by atoms with E-state index in [1.807, 2.05) is 16.7 Å². The molecule has 0 spiro atoms. The van der Waals surface area contributed by atoms with Gasteiger partial charge in [0, 0.05) is 18.0 Å². The van der Waals surface area contributed by atoms with Crippen molar-refractivity contribution in [1.29, 1.82) is 0 Å². The quantitative estimate of drug-likeness (QED) is 0.697. The zero-order valence-electron chi connectivity index (χ0n) is 14.4. The first kappa shape index (κ1) is 16.9. The smallest absolute Gasteiger partial charge is 0.175 e. The molecule has 1 aliphatic rings. The summed E-state index contributed by atoms with van der Waals surface area (Å²) in [6.07, 6.45) is 2.32. The third-order valence-electron chi connectivity index (χ3n) is 4.19. The van der Waals surface area contributed by atoms with E-state index in [0.717, 1.165) is 28.0 Å². The van der Waals surface area contributed by atoms with Crippen molar-refractivity contribution in [3.8, 4) is 11.5 Å². The predicted molar refractivity (Wildman–Crippen MR) is 99.7 cm³/mol. The van der Waals surface area contributed by atoms with Crippen molar-refractivity contribution in [3.63, 3.8) is 0 Å². The van der Waals surface area contributed by atoms with Crippen molar-refractivity contribution in [2.75, 3.05) is 25.5 Å². The summed E-state index contributed by atoms with van der Waals surface area (Å²) >= 11 is 1.55. The molecule has 0 radical (unpaired) electrons. The van der Waals surface area contributed by atoms with Gasteiger partial charge in [-0.05, 0) is 24.1 Å². The minimum atomic E-state index is 0.366. The Balaban J connectivity index is 1.79. The number of imidazole rings is 1. The van der Waals surface area contributed by atoms with E-state index in [1.54, 1.807) is 11.8 Å². The van der Waals surface area contributed by atoms with Gasteiger partial charge in [-0.2, -0.15) is 0 Å². The average molecular weight is 372 g/mol. The van der Waals surface area contributed by atoms with Gasteiger partial charge < -0.3 is 25.5 Å². The number of aromatic nitrogens is 4. The molecule has 2 aromatic heterocycles. The highest BCUT2D eigenvalue weighted by Crippen LogP contribution is 2.40. The lowest BCUT2D eigenvalue weighted by atomic mass is 10.1. The lowest BCUT2D eigenvalue weighted by Gasteiger charge is -2.20. The zero-order valence-corrected chi connectivity index (χ0v) is 15.3. The number of nitrogens with zero attached hydrogens (tertiary/aromatic N) is 4. The molecule has 0 unspecified atom stereocenters. The summed E-state index contributed by atoms with van der Waals surface area (Å²) in [6, 6.07) is 4.06. The first-order valence-corrected chi connectivity index (χ1v) is 9.30. The molecule has 1 aliphatic heterocycles. The largest absolute Gasteiger partial charge is 0.486 e. The SMILES string of the molecule is CCc1cc2c(cc1Sc1nc3c(N)ncnc3n1CCN)OCCO2. The maximum Gasteiger partial charge on any atom is 0.175 e. The van der Waals surface area contributed by atoms with Gasteiger partial charge in [-0.3, -0.25) is 0 Å². The van der Waals surface area contributed by atoms with Gasteiger partial charge in [0.05, 0.1) is 0 Å². The van der Waals surface area contributed by atoms with E-state index < -0.39 is 0 Å². The molecule has 3 heterocycles. The first-order valence-electron chi connectivity index (χ1n) is 8.48. The molecule has 8 nitrogen and oxygen atoms in total. The highest BCUT2D eigenvalue weighted by molar-refractivity contribution is 7.99. The Morgan fingerprint density at radius 1 is 1.19 bits per heavy atom. The molecule has 1 aromatic carbocycles. The number of hydrogen-bond donors (Lipinski definition) is 2. The van der Waals surface area contributed by atoms with Crippen molar-refractivity contribution >= 4 is 28.7 Å². The molecule has 3 aromatic rings. The van der Waals surface area contributed by atoms with Crippen molar-refractivity contribution in [2.45, 2.75) is 29.9 Å². The molecule has 0 amide bonds. The van der Waals surface area contributed by atoms with E-state index in [4.69, 9.17) is 20.9 Å². The third kappa shape index (κ3) is 2.93. The molecule has 4 N–H and O–H groups in total. The molecule has 0 aliphatic carbocycles. The van der Waals surface area contributed by atoms with Gasteiger partial charge in [0.25, 0.3) is 0 Å². The van der Waals surface area contributed by atoms with Crippen LogP contribution in [0.5, 0.6) is 11.5 Å². The summed E-state index contributed by atoms with van der Waals surface area (Å²) in [6.45, 7) is 4.32. The number of rotatable bonds is 5. The topological polar surface area (TPSA) is 114 Å². The van der Waals surface area contributed by atoms with Gasteiger partial charge in [0.15, 0.2) is 33.6 Å². The lowest BCUT2D eigenvalue weighted by molar-refractivity contribution is 0.171. The van der Waals surface area contributed by atoms with Crippen LogP contribution in [0.1, 0.15) is 12.5 Å². The third-order valence-corrected chi connectivity index (χ3v) is 5.28. The van der Waals surface area contributed by atoms with E-state index in [-0.39, 0.29) is 0 Å². The van der Waals surface area contributed by atoms with Crippen molar-refractivity contribution in [3.05, 3.63) is 24.0 Å². The Labute approximate surface area is 154 Å². The molecule has 0 fully saturated rings. The normalized spacial score (nSPS) is 13.3. The van der Waals surface area contributed by atoms with E-state index in [2.05, 4.69) is 21.9 Å².